The van der Waals surface area contributed by atoms with Gasteiger partial charge in [0.15, 0.2) is 5.41 Å². The monoisotopic (exact) mass is 364 g/mol. The summed E-state index contributed by atoms with van der Waals surface area (Å²) in [6.45, 7) is 2.03. The molecule has 1 aliphatic rings. The van der Waals surface area contributed by atoms with Gasteiger partial charge in [0, 0.05) is 6.42 Å². The molecule has 0 aromatic heterocycles. The van der Waals surface area contributed by atoms with Crippen LogP contribution in [-0.2, 0) is 25.5 Å². The van der Waals surface area contributed by atoms with E-state index in [0.717, 1.165) is 27.8 Å². The maximum absolute atomic E-state index is 12.6. The zero-order valence-electron chi connectivity index (χ0n) is 16.0. The number of hydrogen-bond donors (Lipinski definition) is 0. The summed E-state index contributed by atoms with van der Waals surface area (Å²) >= 11 is 0. The van der Waals surface area contributed by atoms with Gasteiger partial charge in [0.1, 0.15) is 0 Å². The lowest BCUT2D eigenvalue weighted by Gasteiger charge is -2.23. The van der Waals surface area contributed by atoms with Crippen LogP contribution in [0.5, 0.6) is 0 Å². The number of esters is 2. The maximum Gasteiger partial charge on any atom is 0.323 e. The fourth-order valence-electron chi connectivity index (χ4n) is 3.80. The predicted octanol–water partition coefficient (Wildman–Crippen LogP) is 4.12. The Morgan fingerprint density at radius 2 is 1.48 bits per heavy atom. The van der Waals surface area contributed by atoms with E-state index in [-0.39, 0.29) is 6.42 Å². The Bertz CT molecular complexity index is 847. The van der Waals surface area contributed by atoms with Crippen molar-refractivity contribution in [2.24, 2.45) is 5.41 Å². The minimum atomic E-state index is -1.31. The highest BCUT2D eigenvalue weighted by molar-refractivity contribution is 6.04. The molecule has 2 aromatic rings. The van der Waals surface area contributed by atoms with E-state index in [4.69, 9.17) is 9.47 Å². The van der Waals surface area contributed by atoms with Crippen molar-refractivity contribution in [1.29, 1.82) is 0 Å². The summed E-state index contributed by atoms with van der Waals surface area (Å²) in [4.78, 5) is 25.2. The van der Waals surface area contributed by atoms with E-state index >= 15 is 0 Å². The van der Waals surface area contributed by atoms with Crippen LogP contribution in [-0.4, -0.2) is 26.2 Å². The Kier molecular flexibility index (Phi) is 5.45. The van der Waals surface area contributed by atoms with Gasteiger partial charge in [-0.25, -0.2) is 0 Å². The molecular weight excluding hydrogens is 340 g/mol. The maximum atomic E-state index is 12.6. The minimum absolute atomic E-state index is 0.289. The van der Waals surface area contributed by atoms with Gasteiger partial charge in [0.05, 0.1) is 14.2 Å². The molecule has 0 radical (unpaired) electrons. The Hall–Kier alpha value is -2.88. The molecule has 0 amide bonds. The molecule has 4 heteroatoms. The van der Waals surface area contributed by atoms with Gasteiger partial charge >= 0.3 is 11.9 Å². The number of ether oxygens (including phenoxy) is 2. The number of hydrogen-bond acceptors (Lipinski definition) is 4. The molecule has 140 valence electrons. The Balaban J connectivity index is 2.06. The van der Waals surface area contributed by atoms with Gasteiger partial charge in [0.2, 0.25) is 0 Å². The van der Waals surface area contributed by atoms with Gasteiger partial charge in [-0.3, -0.25) is 9.59 Å². The average Bonchev–Trinajstić information content (AvgIpc) is 3.08. The molecular formula is C23H24O4. The van der Waals surface area contributed by atoms with Crippen molar-refractivity contribution in [2.75, 3.05) is 14.2 Å². The van der Waals surface area contributed by atoms with E-state index in [9.17, 15) is 9.59 Å². The van der Waals surface area contributed by atoms with Crippen molar-refractivity contribution in [3.8, 4) is 0 Å². The molecule has 3 rings (SSSR count). The number of benzene rings is 2. The SMILES string of the molecule is COC(=O)C1(C(=O)OC)CC(Cc2ccccc2)=C(c2ccc(C)cc2)C1. The fraction of sp³-hybridized carbons (Fsp3) is 0.304. The van der Waals surface area contributed by atoms with Crippen molar-refractivity contribution >= 4 is 17.5 Å². The molecule has 0 spiro atoms. The second-order valence-electron chi connectivity index (χ2n) is 7.03. The smallest absolute Gasteiger partial charge is 0.323 e. The Morgan fingerprint density at radius 1 is 0.889 bits per heavy atom. The summed E-state index contributed by atoms with van der Waals surface area (Å²) in [5.74, 6) is -1.08. The van der Waals surface area contributed by atoms with E-state index in [0.29, 0.717) is 12.8 Å². The van der Waals surface area contributed by atoms with Gasteiger partial charge < -0.3 is 9.47 Å². The van der Waals surface area contributed by atoms with Crippen molar-refractivity contribution in [2.45, 2.75) is 26.2 Å². The first-order valence-corrected chi connectivity index (χ1v) is 8.99. The van der Waals surface area contributed by atoms with E-state index < -0.39 is 17.4 Å². The summed E-state index contributed by atoms with van der Waals surface area (Å²) in [5.41, 5.74) is 4.11. The van der Waals surface area contributed by atoms with E-state index in [2.05, 4.69) is 12.1 Å². The van der Waals surface area contributed by atoms with Crippen LogP contribution in [0.1, 0.15) is 29.5 Å². The van der Waals surface area contributed by atoms with Crippen molar-refractivity contribution in [1.82, 2.24) is 0 Å². The molecule has 0 unspecified atom stereocenters. The summed E-state index contributed by atoms with van der Waals surface area (Å²) in [6, 6.07) is 18.2. The number of carbonyl (C=O) groups is 2. The Morgan fingerprint density at radius 3 is 2.04 bits per heavy atom. The fourth-order valence-corrected chi connectivity index (χ4v) is 3.80. The van der Waals surface area contributed by atoms with Crippen molar-refractivity contribution in [3.05, 3.63) is 76.9 Å². The van der Waals surface area contributed by atoms with Gasteiger partial charge in [-0.2, -0.15) is 0 Å². The topological polar surface area (TPSA) is 52.6 Å². The first-order chi connectivity index (χ1) is 13.0. The number of aryl methyl sites for hydroxylation is 1. The lowest BCUT2D eigenvalue weighted by atomic mass is 9.82. The van der Waals surface area contributed by atoms with Crippen LogP contribution in [0.3, 0.4) is 0 Å². The van der Waals surface area contributed by atoms with Crippen LogP contribution in [0.2, 0.25) is 0 Å². The molecule has 0 bridgehead atoms. The molecule has 2 aromatic carbocycles. The zero-order chi connectivity index (χ0) is 19.4. The van der Waals surface area contributed by atoms with Crippen LogP contribution >= 0.6 is 0 Å². The summed E-state index contributed by atoms with van der Waals surface area (Å²) in [7, 11) is 2.63. The third-order valence-corrected chi connectivity index (χ3v) is 5.23. The first-order valence-electron chi connectivity index (χ1n) is 8.99. The van der Waals surface area contributed by atoms with E-state index in [1.54, 1.807) is 0 Å². The molecule has 0 saturated carbocycles. The van der Waals surface area contributed by atoms with E-state index in [1.807, 2.05) is 49.4 Å². The second-order valence-corrected chi connectivity index (χ2v) is 7.03. The van der Waals surface area contributed by atoms with Crippen molar-refractivity contribution in [3.63, 3.8) is 0 Å². The molecule has 0 saturated heterocycles. The van der Waals surface area contributed by atoms with Crippen LogP contribution in [0.15, 0.2) is 60.2 Å². The number of allylic oxidation sites excluding steroid dienone is 2. The van der Waals surface area contributed by atoms with Gasteiger partial charge in [-0.05, 0) is 36.5 Å². The molecule has 0 atom stereocenters. The van der Waals surface area contributed by atoms with Crippen LogP contribution in [0.25, 0.3) is 5.57 Å². The zero-order valence-corrected chi connectivity index (χ0v) is 16.0. The highest BCUT2D eigenvalue weighted by Crippen LogP contribution is 2.48. The highest BCUT2D eigenvalue weighted by atomic mass is 16.5. The normalized spacial score (nSPS) is 15.5. The molecule has 0 aliphatic heterocycles. The minimum Gasteiger partial charge on any atom is -0.468 e. The molecule has 0 N–H and O–H groups in total. The Labute approximate surface area is 159 Å². The third-order valence-electron chi connectivity index (χ3n) is 5.23. The quantitative estimate of drug-likeness (QED) is 0.592. The van der Waals surface area contributed by atoms with Gasteiger partial charge in [-0.1, -0.05) is 65.7 Å². The molecule has 0 fully saturated rings. The molecule has 27 heavy (non-hydrogen) atoms. The summed E-state index contributed by atoms with van der Waals surface area (Å²) in [6.07, 6.45) is 1.28. The largest absolute Gasteiger partial charge is 0.468 e. The van der Waals surface area contributed by atoms with E-state index in [1.165, 1.54) is 14.2 Å². The third kappa shape index (κ3) is 3.65. The van der Waals surface area contributed by atoms with Crippen LogP contribution in [0.4, 0.5) is 0 Å². The molecule has 0 heterocycles. The second kappa shape index (κ2) is 7.78. The van der Waals surface area contributed by atoms with Gasteiger partial charge in [0.25, 0.3) is 0 Å². The number of carbonyl (C=O) groups excluding carboxylic acids is 2. The van der Waals surface area contributed by atoms with Gasteiger partial charge in [-0.15, -0.1) is 0 Å². The number of methoxy groups -OCH3 is 2. The average molecular weight is 364 g/mol. The summed E-state index contributed by atoms with van der Waals surface area (Å²) in [5, 5.41) is 0. The highest BCUT2D eigenvalue weighted by Gasteiger charge is 2.53. The lowest BCUT2D eigenvalue weighted by molar-refractivity contribution is -0.168. The standard InChI is InChI=1S/C23H24O4/c1-16-9-11-18(12-10-16)20-15-23(21(24)26-2,22(25)27-3)14-19(20)13-17-7-5-4-6-8-17/h4-12H,13-15H2,1-3H3. The van der Waals surface area contributed by atoms with Crippen LogP contribution < -0.4 is 0 Å². The van der Waals surface area contributed by atoms with Crippen molar-refractivity contribution < 1.29 is 19.1 Å². The predicted molar refractivity (Wildman–Crippen MR) is 104 cm³/mol. The molecule has 4 nitrogen and oxygen atoms in total. The first kappa shape index (κ1) is 18.9. The molecule has 1 aliphatic carbocycles. The number of rotatable bonds is 5. The van der Waals surface area contributed by atoms with Crippen LogP contribution in [0, 0.1) is 12.3 Å². The summed E-state index contributed by atoms with van der Waals surface area (Å²) < 4.78 is 9.99. The lowest BCUT2D eigenvalue weighted by Crippen LogP contribution is -2.39.